The Morgan fingerprint density at radius 1 is 0.742 bits per heavy atom. The Labute approximate surface area is 195 Å². The number of thiophene rings is 2. The predicted octanol–water partition coefficient (Wildman–Crippen LogP) is 9.02. The van der Waals surface area contributed by atoms with Crippen molar-refractivity contribution in [3.63, 3.8) is 0 Å². The molecule has 4 rings (SSSR count). The number of unbranched alkanes of at least 4 members (excludes halogenated alkanes) is 2. The lowest BCUT2D eigenvalue weighted by molar-refractivity contribution is 0.717. The van der Waals surface area contributed by atoms with Crippen LogP contribution in [0.15, 0.2) is 54.6 Å². The van der Waals surface area contributed by atoms with E-state index in [0.29, 0.717) is 0 Å². The highest BCUT2D eigenvalue weighted by Crippen LogP contribution is 2.37. The molecule has 0 amide bonds. The molecule has 31 heavy (non-hydrogen) atoms. The molecule has 0 bridgehead atoms. The summed E-state index contributed by atoms with van der Waals surface area (Å²) in [7, 11) is 0. The van der Waals surface area contributed by atoms with Crippen LogP contribution in [0, 0.1) is 18.8 Å². The number of rotatable bonds is 7. The molecule has 158 valence electrons. The van der Waals surface area contributed by atoms with Crippen LogP contribution in [0.4, 0.5) is 0 Å². The zero-order valence-corrected chi connectivity index (χ0v) is 20.4. The topological polar surface area (TPSA) is 0 Å². The van der Waals surface area contributed by atoms with E-state index in [2.05, 4.69) is 87.2 Å². The quantitative estimate of drug-likeness (QED) is 0.198. The molecule has 0 aliphatic heterocycles. The molecule has 0 saturated heterocycles. The molecule has 4 aromatic rings. The maximum Gasteiger partial charge on any atom is 0.0822 e. The van der Waals surface area contributed by atoms with E-state index in [-0.39, 0.29) is 0 Å². The van der Waals surface area contributed by atoms with Gasteiger partial charge in [0.15, 0.2) is 0 Å². The minimum atomic E-state index is 1.07. The molecular formula is C29H30S2. The SMILES string of the molecule is CCCCCc1ccc(-c2ccc(C#Cc3sc4cc(CCC)sc4c3C)cc2)cc1. The molecule has 0 saturated carbocycles. The van der Waals surface area contributed by atoms with Crippen LogP contribution >= 0.6 is 22.7 Å². The van der Waals surface area contributed by atoms with Crippen molar-refractivity contribution in [2.45, 2.75) is 59.3 Å². The minimum Gasteiger partial charge on any atom is -0.139 e. The van der Waals surface area contributed by atoms with Crippen LogP contribution in [-0.2, 0) is 12.8 Å². The molecular weight excluding hydrogens is 412 g/mol. The second-order valence-corrected chi connectivity index (χ2v) is 10.4. The third-order valence-electron chi connectivity index (χ3n) is 5.70. The van der Waals surface area contributed by atoms with E-state index < -0.39 is 0 Å². The van der Waals surface area contributed by atoms with E-state index in [4.69, 9.17) is 0 Å². The lowest BCUT2D eigenvalue weighted by Crippen LogP contribution is -1.86. The van der Waals surface area contributed by atoms with Crippen LogP contribution < -0.4 is 0 Å². The largest absolute Gasteiger partial charge is 0.139 e. The number of hydrogen-bond donors (Lipinski definition) is 0. The summed E-state index contributed by atoms with van der Waals surface area (Å²) in [4.78, 5) is 2.70. The minimum absolute atomic E-state index is 1.07. The first-order valence-electron chi connectivity index (χ1n) is 11.4. The average molecular weight is 443 g/mol. The average Bonchev–Trinajstić information content (AvgIpc) is 3.32. The summed E-state index contributed by atoms with van der Waals surface area (Å²) < 4.78 is 2.81. The van der Waals surface area contributed by atoms with Crippen molar-refractivity contribution in [3.05, 3.63) is 81.0 Å². The van der Waals surface area contributed by atoms with Crippen LogP contribution in [-0.4, -0.2) is 0 Å². The molecule has 2 aromatic carbocycles. The predicted molar refractivity (Wildman–Crippen MR) is 140 cm³/mol. The molecule has 0 nitrogen and oxygen atoms in total. The van der Waals surface area contributed by atoms with Gasteiger partial charge in [0.25, 0.3) is 0 Å². The number of benzene rings is 2. The van der Waals surface area contributed by atoms with E-state index in [1.165, 1.54) is 79.9 Å². The number of aryl methyl sites for hydroxylation is 3. The molecule has 0 radical (unpaired) electrons. The van der Waals surface area contributed by atoms with E-state index in [1.54, 1.807) is 0 Å². The fraction of sp³-hybridized carbons (Fsp3) is 0.310. The Balaban J connectivity index is 1.46. The van der Waals surface area contributed by atoms with Gasteiger partial charge < -0.3 is 0 Å². The van der Waals surface area contributed by atoms with Gasteiger partial charge in [0.2, 0.25) is 0 Å². The van der Waals surface area contributed by atoms with Crippen LogP contribution in [0.5, 0.6) is 0 Å². The van der Waals surface area contributed by atoms with Gasteiger partial charge in [-0.2, -0.15) is 0 Å². The van der Waals surface area contributed by atoms with E-state index in [0.717, 1.165) is 5.56 Å². The Hall–Kier alpha value is -2.34. The molecule has 2 heteroatoms. The third-order valence-corrected chi connectivity index (χ3v) is 8.30. The summed E-state index contributed by atoms with van der Waals surface area (Å²) in [6.45, 7) is 6.71. The van der Waals surface area contributed by atoms with E-state index >= 15 is 0 Å². The normalized spacial score (nSPS) is 10.9. The molecule has 0 spiro atoms. The fourth-order valence-electron chi connectivity index (χ4n) is 3.86. The highest BCUT2D eigenvalue weighted by molar-refractivity contribution is 7.28. The molecule has 0 fully saturated rings. The second-order valence-electron chi connectivity index (χ2n) is 8.19. The highest BCUT2D eigenvalue weighted by atomic mass is 32.1. The van der Waals surface area contributed by atoms with Crippen LogP contribution in [0.25, 0.3) is 20.5 Å². The summed E-state index contributed by atoms with van der Waals surface area (Å²) >= 11 is 3.77. The Morgan fingerprint density at radius 3 is 2.10 bits per heavy atom. The van der Waals surface area contributed by atoms with Gasteiger partial charge in [-0.05, 0) is 66.6 Å². The molecule has 0 aliphatic rings. The molecule has 0 aliphatic carbocycles. The maximum atomic E-state index is 3.42. The zero-order chi connectivity index (χ0) is 21.6. The summed E-state index contributed by atoms with van der Waals surface area (Å²) in [5, 5.41) is 0. The van der Waals surface area contributed by atoms with E-state index in [9.17, 15) is 0 Å². The summed E-state index contributed by atoms with van der Waals surface area (Å²) in [6, 6.07) is 20.1. The third kappa shape index (κ3) is 5.29. The Kier molecular flexibility index (Phi) is 7.28. The molecule has 0 unspecified atom stereocenters. The second kappa shape index (κ2) is 10.3. The van der Waals surface area contributed by atoms with Crippen molar-refractivity contribution in [2.75, 3.05) is 0 Å². The molecule has 2 aromatic heterocycles. The van der Waals surface area contributed by atoms with Gasteiger partial charge >= 0.3 is 0 Å². The van der Waals surface area contributed by atoms with Gasteiger partial charge in [0.05, 0.1) is 4.88 Å². The summed E-state index contributed by atoms with van der Waals surface area (Å²) in [5.41, 5.74) is 6.38. The van der Waals surface area contributed by atoms with Crippen LogP contribution in [0.3, 0.4) is 0 Å². The first-order valence-corrected chi connectivity index (χ1v) is 13.0. The van der Waals surface area contributed by atoms with Gasteiger partial charge in [-0.1, -0.05) is 81.3 Å². The summed E-state index contributed by atoms with van der Waals surface area (Å²) in [6.07, 6.45) is 7.44. The molecule has 2 heterocycles. The molecule has 0 N–H and O–H groups in total. The smallest absolute Gasteiger partial charge is 0.0822 e. The van der Waals surface area contributed by atoms with Gasteiger partial charge in [0, 0.05) is 19.8 Å². The monoisotopic (exact) mass is 442 g/mol. The number of hydrogen-bond acceptors (Lipinski definition) is 2. The van der Waals surface area contributed by atoms with E-state index in [1.807, 2.05) is 22.7 Å². The van der Waals surface area contributed by atoms with Crippen LogP contribution in [0.1, 0.15) is 66.0 Å². The zero-order valence-electron chi connectivity index (χ0n) is 18.8. The van der Waals surface area contributed by atoms with Crippen molar-refractivity contribution in [3.8, 4) is 23.0 Å². The standard InChI is InChI=1S/C29H30S2/c1-4-6-7-9-22-10-15-24(16-11-22)25-17-12-23(13-18-25)14-19-27-21(3)29-28(31-27)20-26(30-29)8-5-2/h10-13,15-18,20H,4-9H2,1-3H3. The van der Waals surface area contributed by atoms with Crippen molar-refractivity contribution < 1.29 is 0 Å². The van der Waals surface area contributed by atoms with Gasteiger partial charge in [0.1, 0.15) is 0 Å². The van der Waals surface area contributed by atoms with Crippen molar-refractivity contribution in [1.82, 2.24) is 0 Å². The maximum absolute atomic E-state index is 3.42. The first kappa shape index (κ1) is 21.9. The van der Waals surface area contributed by atoms with Crippen molar-refractivity contribution in [1.29, 1.82) is 0 Å². The molecule has 0 atom stereocenters. The van der Waals surface area contributed by atoms with Gasteiger partial charge in [-0.15, -0.1) is 22.7 Å². The van der Waals surface area contributed by atoms with Gasteiger partial charge in [-0.3, -0.25) is 0 Å². The Morgan fingerprint density at radius 2 is 1.45 bits per heavy atom. The summed E-state index contributed by atoms with van der Waals surface area (Å²) in [5.74, 6) is 6.80. The van der Waals surface area contributed by atoms with Crippen molar-refractivity contribution >= 4 is 32.1 Å². The Bertz CT molecular complexity index is 1190. The van der Waals surface area contributed by atoms with Crippen LogP contribution in [0.2, 0.25) is 0 Å². The number of fused-ring (bicyclic) bond motifs is 1. The first-order chi connectivity index (χ1) is 15.2. The van der Waals surface area contributed by atoms with Crippen molar-refractivity contribution in [2.24, 2.45) is 0 Å². The highest BCUT2D eigenvalue weighted by Gasteiger charge is 2.10. The lowest BCUT2D eigenvalue weighted by Gasteiger charge is -2.05. The van der Waals surface area contributed by atoms with Gasteiger partial charge in [-0.25, -0.2) is 0 Å². The lowest BCUT2D eigenvalue weighted by atomic mass is 10.0. The fourth-order valence-corrected chi connectivity index (χ4v) is 6.43.